The first-order valence-corrected chi connectivity index (χ1v) is 10.8. The Morgan fingerprint density at radius 1 is 1.06 bits per heavy atom. The molecule has 0 bridgehead atoms. The number of benzene rings is 3. The van der Waals surface area contributed by atoms with Gasteiger partial charge in [0.1, 0.15) is 6.61 Å². The van der Waals surface area contributed by atoms with Crippen molar-refractivity contribution in [2.45, 2.75) is 6.54 Å². The zero-order valence-electron chi connectivity index (χ0n) is 16.1. The topological polar surface area (TPSA) is 46.6 Å². The van der Waals surface area contributed by atoms with Gasteiger partial charge >= 0.3 is 0 Å². The second-order valence-electron chi connectivity index (χ2n) is 6.71. The largest absolute Gasteiger partial charge is 0.478 e. The monoisotopic (exact) mass is 467 g/mol. The number of thioether (sulfide) groups is 1. The fraction of sp³-hybridized carbons (Fsp3) is 0.0833. The first kappa shape index (κ1) is 21.3. The standard InChI is InChI=1S/C24H15Cl2NO3S/c1-2-10-30-22-19(25)11-15(12-20(22)26)13-21-23(28)27(24(29)31-21)14-17-8-5-7-16-6-3-4-9-18(16)17/h1,3-9,11-13H,10,14H2/b21-13+. The van der Waals surface area contributed by atoms with Gasteiger partial charge in [0, 0.05) is 0 Å². The lowest BCUT2D eigenvalue weighted by Gasteiger charge is -2.14. The highest BCUT2D eigenvalue weighted by Crippen LogP contribution is 2.38. The number of rotatable bonds is 5. The van der Waals surface area contributed by atoms with Gasteiger partial charge in [-0.15, -0.1) is 6.42 Å². The Labute approximate surface area is 193 Å². The van der Waals surface area contributed by atoms with Crippen molar-refractivity contribution >= 4 is 63.0 Å². The molecule has 0 aromatic heterocycles. The third kappa shape index (κ3) is 4.42. The lowest BCUT2D eigenvalue weighted by Crippen LogP contribution is -2.27. The van der Waals surface area contributed by atoms with Gasteiger partial charge in [0.05, 0.1) is 21.5 Å². The van der Waals surface area contributed by atoms with Crippen LogP contribution >= 0.6 is 35.0 Å². The highest BCUT2D eigenvalue weighted by atomic mass is 35.5. The van der Waals surface area contributed by atoms with Crippen molar-refractivity contribution in [3.8, 4) is 18.1 Å². The molecule has 1 heterocycles. The summed E-state index contributed by atoms with van der Waals surface area (Å²) in [5.74, 6) is 2.27. The molecule has 1 aliphatic heterocycles. The second-order valence-corrected chi connectivity index (χ2v) is 8.52. The van der Waals surface area contributed by atoms with E-state index >= 15 is 0 Å². The van der Waals surface area contributed by atoms with Gasteiger partial charge in [-0.1, -0.05) is 71.6 Å². The molecule has 4 nitrogen and oxygen atoms in total. The summed E-state index contributed by atoms with van der Waals surface area (Å²) in [6, 6.07) is 16.9. The zero-order chi connectivity index (χ0) is 22.0. The van der Waals surface area contributed by atoms with E-state index in [0.29, 0.717) is 10.5 Å². The maximum atomic E-state index is 12.9. The number of amides is 2. The molecule has 1 saturated heterocycles. The number of terminal acetylenes is 1. The summed E-state index contributed by atoms with van der Waals surface area (Å²) >= 11 is 13.4. The van der Waals surface area contributed by atoms with Crippen molar-refractivity contribution in [3.05, 3.63) is 80.7 Å². The maximum Gasteiger partial charge on any atom is 0.293 e. The van der Waals surface area contributed by atoms with Gasteiger partial charge in [-0.25, -0.2) is 0 Å². The van der Waals surface area contributed by atoms with Crippen molar-refractivity contribution in [1.82, 2.24) is 4.90 Å². The van der Waals surface area contributed by atoms with E-state index in [1.807, 2.05) is 42.5 Å². The van der Waals surface area contributed by atoms with Crippen LogP contribution in [-0.2, 0) is 11.3 Å². The van der Waals surface area contributed by atoms with Gasteiger partial charge in [-0.3, -0.25) is 14.5 Å². The third-order valence-corrected chi connectivity index (χ3v) is 6.17. The number of hydrogen-bond donors (Lipinski definition) is 0. The number of nitrogens with zero attached hydrogens (tertiary/aromatic N) is 1. The summed E-state index contributed by atoms with van der Waals surface area (Å²) in [7, 11) is 0. The Kier molecular flexibility index (Phi) is 6.24. The molecule has 1 aliphatic rings. The van der Waals surface area contributed by atoms with Crippen LogP contribution < -0.4 is 4.74 Å². The predicted molar refractivity (Wildman–Crippen MR) is 126 cm³/mol. The molecule has 2 amide bonds. The normalized spacial score (nSPS) is 15.0. The molecule has 0 atom stereocenters. The number of carbonyl (C=O) groups is 2. The average molecular weight is 468 g/mol. The molecule has 3 aromatic carbocycles. The molecular formula is C24H15Cl2NO3S. The molecule has 154 valence electrons. The van der Waals surface area contributed by atoms with Gasteiger partial charge in [0.15, 0.2) is 5.75 Å². The van der Waals surface area contributed by atoms with E-state index in [4.69, 9.17) is 34.4 Å². The minimum absolute atomic E-state index is 0.0336. The summed E-state index contributed by atoms with van der Waals surface area (Å²) in [5, 5.41) is 2.27. The average Bonchev–Trinajstić information content (AvgIpc) is 3.01. The Hall–Kier alpha value is -2.91. The summed E-state index contributed by atoms with van der Waals surface area (Å²) in [6.07, 6.45) is 6.79. The van der Waals surface area contributed by atoms with Crippen LogP contribution in [0.4, 0.5) is 4.79 Å². The van der Waals surface area contributed by atoms with Crippen LogP contribution in [0.1, 0.15) is 11.1 Å². The minimum atomic E-state index is -0.358. The number of fused-ring (bicyclic) bond motifs is 1. The predicted octanol–water partition coefficient (Wildman–Crippen LogP) is 6.40. The molecule has 3 aromatic rings. The molecule has 1 fully saturated rings. The first-order chi connectivity index (χ1) is 15.0. The summed E-state index contributed by atoms with van der Waals surface area (Å²) in [6.45, 7) is 0.232. The van der Waals surface area contributed by atoms with Gasteiger partial charge in [-0.05, 0) is 51.9 Å². The van der Waals surface area contributed by atoms with Crippen LogP contribution in [0.3, 0.4) is 0 Å². The van der Waals surface area contributed by atoms with Crippen LogP contribution in [0.2, 0.25) is 10.0 Å². The molecule has 0 saturated carbocycles. The molecule has 0 spiro atoms. The van der Waals surface area contributed by atoms with E-state index in [1.165, 1.54) is 4.90 Å². The fourth-order valence-corrected chi connectivity index (χ4v) is 4.75. The van der Waals surface area contributed by atoms with Crippen molar-refractivity contribution < 1.29 is 14.3 Å². The smallest absolute Gasteiger partial charge is 0.293 e. The van der Waals surface area contributed by atoms with Crippen molar-refractivity contribution in [2.75, 3.05) is 6.61 Å². The molecule has 0 radical (unpaired) electrons. The third-order valence-electron chi connectivity index (χ3n) is 4.70. The summed E-state index contributed by atoms with van der Waals surface area (Å²) < 4.78 is 5.34. The van der Waals surface area contributed by atoms with Crippen LogP contribution in [0, 0.1) is 12.3 Å². The molecule has 7 heteroatoms. The first-order valence-electron chi connectivity index (χ1n) is 9.25. The Morgan fingerprint density at radius 2 is 1.77 bits per heavy atom. The van der Waals surface area contributed by atoms with Gasteiger partial charge in [0.25, 0.3) is 11.1 Å². The lowest BCUT2D eigenvalue weighted by molar-refractivity contribution is -0.123. The van der Waals surface area contributed by atoms with Crippen molar-refractivity contribution in [2.24, 2.45) is 0 Å². The lowest BCUT2D eigenvalue weighted by atomic mass is 10.0. The van der Waals surface area contributed by atoms with Gasteiger partial charge in [0.2, 0.25) is 0 Å². The van der Waals surface area contributed by atoms with Crippen molar-refractivity contribution in [3.63, 3.8) is 0 Å². The molecule has 31 heavy (non-hydrogen) atoms. The molecule has 0 N–H and O–H groups in total. The van der Waals surface area contributed by atoms with E-state index in [0.717, 1.165) is 28.1 Å². The van der Waals surface area contributed by atoms with Crippen LogP contribution in [0.15, 0.2) is 59.5 Å². The van der Waals surface area contributed by atoms with Crippen LogP contribution in [0.5, 0.6) is 5.75 Å². The fourth-order valence-electron chi connectivity index (χ4n) is 3.30. The number of ether oxygens (including phenoxy) is 1. The Morgan fingerprint density at radius 3 is 2.52 bits per heavy atom. The Balaban J connectivity index is 1.60. The van der Waals surface area contributed by atoms with E-state index in [-0.39, 0.29) is 40.1 Å². The molecule has 0 aliphatic carbocycles. The van der Waals surface area contributed by atoms with E-state index < -0.39 is 0 Å². The highest BCUT2D eigenvalue weighted by Gasteiger charge is 2.35. The quantitative estimate of drug-likeness (QED) is 0.321. The molecule has 4 rings (SSSR count). The Bertz CT molecular complexity index is 1250. The van der Waals surface area contributed by atoms with Crippen molar-refractivity contribution in [1.29, 1.82) is 0 Å². The summed E-state index contributed by atoms with van der Waals surface area (Å²) in [5.41, 5.74) is 1.49. The van der Waals surface area contributed by atoms with Crippen LogP contribution in [0.25, 0.3) is 16.8 Å². The number of imide groups is 1. The number of carbonyl (C=O) groups excluding carboxylic acids is 2. The molecular weight excluding hydrogens is 453 g/mol. The van der Waals surface area contributed by atoms with Gasteiger partial charge in [-0.2, -0.15) is 0 Å². The number of halogens is 2. The van der Waals surface area contributed by atoms with E-state index in [9.17, 15) is 9.59 Å². The highest BCUT2D eigenvalue weighted by molar-refractivity contribution is 8.18. The second kappa shape index (κ2) is 9.07. The minimum Gasteiger partial charge on any atom is -0.478 e. The maximum absolute atomic E-state index is 12.9. The molecule has 0 unspecified atom stereocenters. The zero-order valence-corrected chi connectivity index (χ0v) is 18.4. The summed E-state index contributed by atoms with van der Waals surface area (Å²) in [4.78, 5) is 27.1. The van der Waals surface area contributed by atoms with E-state index in [2.05, 4.69) is 5.92 Å². The van der Waals surface area contributed by atoms with Gasteiger partial charge < -0.3 is 4.74 Å². The van der Waals surface area contributed by atoms with Crippen LogP contribution in [-0.4, -0.2) is 22.7 Å². The SMILES string of the molecule is C#CCOc1c(Cl)cc(/C=C2/SC(=O)N(Cc3cccc4ccccc34)C2=O)cc1Cl. The number of hydrogen-bond acceptors (Lipinski definition) is 4. The van der Waals surface area contributed by atoms with E-state index in [1.54, 1.807) is 18.2 Å².